The standard InChI is InChI=1S/C17H27N3O3/c1-13(2)10-19-6-7-23-15(11-19)9-18-16(21)12-20-5-4-14(3)8-17(20)22/h4-5,8,13,15H,6-7,9-12H2,1-3H3,(H,18,21)/t15-/m1/s1. The van der Waals surface area contributed by atoms with Gasteiger partial charge in [0.25, 0.3) is 5.56 Å². The molecule has 1 fully saturated rings. The summed E-state index contributed by atoms with van der Waals surface area (Å²) in [5, 5.41) is 2.87. The second kappa shape index (κ2) is 8.26. The molecule has 1 amide bonds. The Labute approximate surface area is 137 Å². The molecular weight excluding hydrogens is 294 g/mol. The average Bonchev–Trinajstić information content (AvgIpc) is 2.48. The number of nitrogens with zero attached hydrogens (tertiary/aromatic N) is 2. The van der Waals surface area contributed by atoms with Crippen LogP contribution in [0.15, 0.2) is 23.1 Å². The summed E-state index contributed by atoms with van der Waals surface area (Å²) in [4.78, 5) is 26.2. The molecule has 0 radical (unpaired) electrons. The lowest BCUT2D eigenvalue weighted by atomic mass is 10.2. The fourth-order valence-corrected chi connectivity index (χ4v) is 2.76. The van der Waals surface area contributed by atoms with Gasteiger partial charge in [0.05, 0.1) is 12.7 Å². The van der Waals surface area contributed by atoms with Crippen LogP contribution in [-0.4, -0.2) is 54.3 Å². The van der Waals surface area contributed by atoms with Crippen LogP contribution < -0.4 is 10.9 Å². The lowest BCUT2D eigenvalue weighted by molar-refractivity contribution is -0.123. The van der Waals surface area contributed by atoms with E-state index in [0.717, 1.165) is 25.2 Å². The normalized spacial score (nSPS) is 19.0. The van der Waals surface area contributed by atoms with Crippen LogP contribution in [0, 0.1) is 12.8 Å². The zero-order chi connectivity index (χ0) is 16.8. The van der Waals surface area contributed by atoms with Gasteiger partial charge < -0.3 is 14.6 Å². The molecule has 1 aromatic heterocycles. The average molecular weight is 321 g/mol. The first-order valence-corrected chi connectivity index (χ1v) is 8.22. The van der Waals surface area contributed by atoms with Crippen LogP contribution in [0.4, 0.5) is 0 Å². The van der Waals surface area contributed by atoms with E-state index in [1.165, 1.54) is 10.6 Å². The monoisotopic (exact) mass is 321 g/mol. The van der Waals surface area contributed by atoms with E-state index in [4.69, 9.17) is 4.74 Å². The van der Waals surface area contributed by atoms with E-state index in [0.29, 0.717) is 19.1 Å². The van der Waals surface area contributed by atoms with Crippen molar-refractivity contribution < 1.29 is 9.53 Å². The molecule has 6 heteroatoms. The van der Waals surface area contributed by atoms with E-state index in [1.807, 2.05) is 13.0 Å². The van der Waals surface area contributed by atoms with Crippen LogP contribution in [-0.2, 0) is 16.1 Å². The van der Waals surface area contributed by atoms with Crippen molar-refractivity contribution in [1.82, 2.24) is 14.8 Å². The highest BCUT2D eigenvalue weighted by molar-refractivity contribution is 5.75. The zero-order valence-corrected chi connectivity index (χ0v) is 14.2. The van der Waals surface area contributed by atoms with Gasteiger partial charge >= 0.3 is 0 Å². The molecule has 0 aromatic carbocycles. The van der Waals surface area contributed by atoms with E-state index < -0.39 is 0 Å². The van der Waals surface area contributed by atoms with Gasteiger partial charge in [0.2, 0.25) is 5.91 Å². The zero-order valence-electron chi connectivity index (χ0n) is 14.2. The maximum atomic E-state index is 12.0. The Morgan fingerprint density at radius 2 is 2.26 bits per heavy atom. The smallest absolute Gasteiger partial charge is 0.251 e. The first-order chi connectivity index (χ1) is 10.9. The number of amides is 1. The molecule has 0 unspecified atom stereocenters. The van der Waals surface area contributed by atoms with E-state index in [-0.39, 0.29) is 24.1 Å². The van der Waals surface area contributed by atoms with Crippen molar-refractivity contribution in [3.63, 3.8) is 0 Å². The number of hydrogen-bond donors (Lipinski definition) is 1. The molecule has 1 N–H and O–H groups in total. The number of aryl methyl sites for hydroxylation is 1. The van der Waals surface area contributed by atoms with Gasteiger partial charge in [-0.15, -0.1) is 0 Å². The maximum Gasteiger partial charge on any atom is 0.251 e. The number of hydrogen-bond acceptors (Lipinski definition) is 4. The van der Waals surface area contributed by atoms with Gasteiger partial charge in [0.15, 0.2) is 0 Å². The second-order valence-electron chi connectivity index (χ2n) is 6.62. The van der Waals surface area contributed by atoms with Gasteiger partial charge in [-0.3, -0.25) is 14.5 Å². The second-order valence-corrected chi connectivity index (χ2v) is 6.62. The van der Waals surface area contributed by atoms with Crippen molar-refractivity contribution in [3.05, 3.63) is 34.2 Å². The summed E-state index contributed by atoms with van der Waals surface area (Å²) in [7, 11) is 0. The van der Waals surface area contributed by atoms with E-state index >= 15 is 0 Å². The maximum absolute atomic E-state index is 12.0. The predicted octanol–water partition coefficient (Wildman–Crippen LogP) is 0.630. The third-order valence-electron chi connectivity index (χ3n) is 3.84. The lowest BCUT2D eigenvalue weighted by Gasteiger charge is -2.33. The molecule has 2 rings (SSSR count). The molecule has 0 spiro atoms. The van der Waals surface area contributed by atoms with Crippen molar-refractivity contribution in [2.45, 2.75) is 33.4 Å². The molecular formula is C17H27N3O3. The Morgan fingerprint density at radius 1 is 1.48 bits per heavy atom. The molecule has 0 saturated carbocycles. The van der Waals surface area contributed by atoms with Crippen molar-refractivity contribution >= 4 is 5.91 Å². The minimum Gasteiger partial charge on any atom is -0.374 e. The van der Waals surface area contributed by atoms with Crippen LogP contribution >= 0.6 is 0 Å². The first-order valence-electron chi connectivity index (χ1n) is 8.22. The van der Waals surface area contributed by atoms with E-state index in [2.05, 4.69) is 24.1 Å². The highest BCUT2D eigenvalue weighted by Gasteiger charge is 2.21. The molecule has 128 valence electrons. The predicted molar refractivity (Wildman–Crippen MR) is 89.5 cm³/mol. The SMILES string of the molecule is Cc1ccn(CC(=O)NC[C@@H]2CN(CC(C)C)CCO2)c(=O)c1. The van der Waals surface area contributed by atoms with Crippen molar-refractivity contribution in [1.29, 1.82) is 0 Å². The third kappa shape index (κ3) is 5.80. The molecule has 2 heterocycles. The molecule has 23 heavy (non-hydrogen) atoms. The Kier molecular flexibility index (Phi) is 6.36. The molecule has 1 aliphatic rings. The van der Waals surface area contributed by atoms with Crippen LogP contribution in [0.3, 0.4) is 0 Å². The molecule has 1 aliphatic heterocycles. The Hall–Kier alpha value is -1.66. The van der Waals surface area contributed by atoms with Crippen LogP contribution in [0.5, 0.6) is 0 Å². The summed E-state index contributed by atoms with van der Waals surface area (Å²) in [5.74, 6) is 0.456. The lowest BCUT2D eigenvalue weighted by Crippen LogP contribution is -2.48. The van der Waals surface area contributed by atoms with Crippen molar-refractivity contribution in [3.8, 4) is 0 Å². The summed E-state index contributed by atoms with van der Waals surface area (Å²) in [6.45, 7) is 10.3. The van der Waals surface area contributed by atoms with E-state index in [9.17, 15) is 9.59 Å². The quantitative estimate of drug-likeness (QED) is 0.835. The molecule has 1 atom stereocenters. The number of ether oxygens (including phenoxy) is 1. The van der Waals surface area contributed by atoms with Gasteiger partial charge in [0.1, 0.15) is 6.54 Å². The first kappa shape index (κ1) is 17.7. The number of morpholine rings is 1. The molecule has 6 nitrogen and oxygen atoms in total. The fraction of sp³-hybridized carbons (Fsp3) is 0.647. The number of nitrogens with one attached hydrogen (secondary N) is 1. The fourth-order valence-electron chi connectivity index (χ4n) is 2.76. The topological polar surface area (TPSA) is 63.6 Å². The van der Waals surface area contributed by atoms with Crippen LogP contribution in [0.1, 0.15) is 19.4 Å². The number of carbonyl (C=O) groups is 1. The van der Waals surface area contributed by atoms with Gasteiger partial charge in [-0.05, 0) is 24.5 Å². The van der Waals surface area contributed by atoms with Crippen LogP contribution in [0.25, 0.3) is 0 Å². The summed E-state index contributed by atoms with van der Waals surface area (Å²) in [5.41, 5.74) is 0.740. The third-order valence-corrected chi connectivity index (χ3v) is 3.84. The summed E-state index contributed by atoms with van der Waals surface area (Å²) in [6, 6.07) is 3.35. The highest BCUT2D eigenvalue weighted by Crippen LogP contribution is 2.07. The number of rotatable bonds is 6. The minimum absolute atomic E-state index is 0.0150. The Balaban J connectivity index is 1.78. The number of pyridine rings is 1. The summed E-state index contributed by atoms with van der Waals surface area (Å²) >= 11 is 0. The molecule has 1 saturated heterocycles. The van der Waals surface area contributed by atoms with Crippen LogP contribution in [0.2, 0.25) is 0 Å². The molecule has 0 aliphatic carbocycles. The largest absolute Gasteiger partial charge is 0.374 e. The van der Waals surface area contributed by atoms with Gasteiger partial charge in [-0.2, -0.15) is 0 Å². The highest BCUT2D eigenvalue weighted by atomic mass is 16.5. The van der Waals surface area contributed by atoms with E-state index in [1.54, 1.807) is 6.20 Å². The number of aromatic nitrogens is 1. The summed E-state index contributed by atoms with van der Waals surface area (Å²) < 4.78 is 7.12. The Morgan fingerprint density at radius 3 is 2.96 bits per heavy atom. The van der Waals surface area contributed by atoms with Gasteiger partial charge in [-0.1, -0.05) is 13.8 Å². The molecule has 0 bridgehead atoms. The summed E-state index contributed by atoms with van der Waals surface area (Å²) in [6.07, 6.45) is 1.67. The van der Waals surface area contributed by atoms with Gasteiger partial charge in [0, 0.05) is 38.4 Å². The van der Waals surface area contributed by atoms with Gasteiger partial charge in [-0.25, -0.2) is 0 Å². The van der Waals surface area contributed by atoms with Crippen molar-refractivity contribution in [2.24, 2.45) is 5.92 Å². The van der Waals surface area contributed by atoms with Crippen molar-refractivity contribution in [2.75, 3.05) is 32.8 Å². The Bertz CT molecular complexity index is 583. The molecule has 1 aromatic rings. The minimum atomic E-state index is -0.166. The number of carbonyl (C=O) groups excluding carboxylic acids is 1.